The predicted molar refractivity (Wildman–Crippen MR) is 67.3 cm³/mol. The molecular weight excluding hydrogens is 218 g/mol. The molecule has 1 aromatic carbocycles. The molecule has 1 aromatic rings. The largest absolute Gasteiger partial charge is 0.496 e. The zero-order valence-corrected chi connectivity index (χ0v) is 10.5. The molecule has 0 saturated carbocycles. The van der Waals surface area contributed by atoms with Crippen LogP contribution in [0.1, 0.15) is 5.56 Å². The van der Waals surface area contributed by atoms with E-state index < -0.39 is 6.10 Å². The van der Waals surface area contributed by atoms with E-state index in [-0.39, 0.29) is 6.61 Å². The molecule has 96 valence electrons. The fraction of sp³-hybridized carbons (Fsp3) is 0.538. The fourth-order valence-corrected chi connectivity index (χ4v) is 1.73. The number of methoxy groups -OCH3 is 1. The van der Waals surface area contributed by atoms with Gasteiger partial charge in [0.2, 0.25) is 0 Å². The van der Waals surface area contributed by atoms with Gasteiger partial charge in [0.15, 0.2) is 0 Å². The second kappa shape index (κ2) is 7.27. The van der Waals surface area contributed by atoms with Gasteiger partial charge in [-0.15, -0.1) is 0 Å². The molecule has 1 unspecified atom stereocenters. The number of para-hydroxylation sites is 1. The van der Waals surface area contributed by atoms with Crippen molar-refractivity contribution in [3.8, 4) is 5.75 Å². The number of hydrogen-bond acceptors (Lipinski definition) is 4. The summed E-state index contributed by atoms with van der Waals surface area (Å²) in [5.41, 5.74) is 1.15. The van der Waals surface area contributed by atoms with Gasteiger partial charge >= 0.3 is 0 Å². The molecular formula is C13H21NO3. The number of ether oxygens (including phenoxy) is 1. The third kappa shape index (κ3) is 4.73. The average molecular weight is 239 g/mol. The summed E-state index contributed by atoms with van der Waals surface area (Å²) in [4.78, 5) is 1.99. The Kier molecular flexibility index (Phi) is 5.97. The number of nitrogens with zero attached hydrogens (tertiary/aromatic N) is 1. The van der Waals surface area contributed by atoms with Crippen LogP contribution in [0.5, 0.6) is 5.75 Å². The van der Waals surface area contributed by atoms with Crippen molar-refractivity contribution in [1.82, 2.24) is 4.90 Å². The van der Waals surface area contributed by atoms with Crippen LogP contribution in [0.15, 0.2) is 24.3 Å². The maximum Gasteiger partial charge on any atom is 0.122 e. The molecule has 0 aliphatic heterocycles. The molecule has 4 heteroatoms. The van der Waals surface area contributed by atoms with Gasteiger partial charge in [-0.05, 0) is 25.1 Å². The SMILES string of the molecule is COc1ccccc1CCN(C)CC(O)CO. The van der Waals surface area contributed by atoms with Crippen LogP contribution < -0.4 is 4.74 Å². The first-order chi connectivity index (χ1) is 8.17. The lowest BCUT2D eigenvalue weighted by Crippen LogP contribution is -2.32. The van der Waals surface area contributed by atoms with Crippen molar-refractivity contribution in [3.63, 3.8) is 0 Å². The molecule has 0 saturated heterocycles. The van der Waals surface area contributed by atoms with Crippen molar-refractivity contribution in [2.75, 3.05) is 33.9 Å². The van der Waals surface area contributed by atoms with Crippen molar-refractivity contribution < 1.29 is 14.9 Å². The van der Waals surface area contributed by atoms with E-state index in [1.54, 1.807) is 7.11 Å². The fourth-order valence-electron chi connectivity index (χ4n) is 1.73. The molecule has 1 atom stereocenters. The van der Waals surface area contributed by atoms with E-state index >= 15 is 0 Å². The predicted octanol–water partition coefficient (Wildman–Crippen LogP) is 0.523. The van der Waals surface area contributed by atoms with Gasteiger partial charge in [0.25, 0.3) is 0 Å². The van der Waals surface area contributed by atoms with Gasteiger partial charge < -0.3 is 19.8 Å². The van der Waals surface area contributed by atoms with Crippen LogP contribution in [0.3, 0.4) is 0 Å². The molecule has 2 N–H and O–H groups in total. The second-order valence-electron chi connectivity index (χ2n) is 4.16. The quantitative estimate of drug-likeness (QED) is 0.728. The third-order valence-corrected chi connectivity index (χ3v) is 2.69. The molecule has 1 rings (SSSR count). The lowest BCUT2D eigenvalue weighted by molar-refractivity contribution is 0.0669. The van der Waals surface area contributed by atoms with E-state index in [0.29, 0.717) is 6.54 Å². The Morgan fingerprint density at radius 2 is 2.06 bits per heavy atom. The van der Waals surface area contributed by atoms with Crippen molar-refractivity contribution in [1.29, 1.82) is 0 Å². The summed E-state index contributed by atoms with van der Waals surface area (Å²) in [6.07, 6.45) is 0.191. The minimum atomic E-state index is -0.669. The van der Waals surface area contributed by atoms with Crippen LogP contribution in [-0.2, 0) is 6.42 Å². The minimum absolute atomic E-state index is 0.195. The zero-order chi connectivity index (χ0) is 12.7. The van der Waals surface area contributed by atoms with Crippen LogP contribution in [0, 0.1) is 0 Å². The first-order valence-corrected chi connectivity index (χ1v) is 5.76. The first kappa shape index (κ1) is 14.0. The van der Waals surface area contributed by atoms with E-state index in [4.69, 9.17) is 9.84 Å². The summed E-state index contributed by atoms with van der Waals surface area (Å²) in [6.45, 7) is 1.10. The smallest absolute Gasteiger partial charge is 0.122 e. The first-order valence-electron chi connectivity index (χ1n) is 5.76. The Morgan fingerprint density at radius 3 is 2.71 bits per heavy atom. The minimum Gasteiger partial charge on any atom is -0.496 e. The van der Waals surface area contributed by atoms with Crippen LogP contribution in [0.4, 0.5) is 0 Å². The highest BCUT2D eigenvalue weighted by molar-refractivity contribution is 5.33. The highest BCUT2D eigenvalue weighted by Gasteiger charge is 2.08. The summed E-state index contributed by atoms with van der Waals surface area (Å²) in [7, 11) is 3.59. The van der Waals surface area contributed by atoms with E-state index in [2.05, 4.69) is 0 Å². The molecule has 0 heterocycles. The second-order valence-corrected chi connectivity index (χ2v) is 4.16. The molecule has 0 aliphatic rings. The Bertz CT molecular complexity index is 330. The van der Waals surface area contributed by atoms with Crippen molar-refractivity contribution in [2.24, 2.45) is 0 Å². The topological polar surface area (TPSA) is 52.9 Å². The normalized spacial score (nSPS) is 12.8. The van der Waals surface area contributed by atoms with Gasteiger partial charge in [0, 0.05) is 13.1 Å². The maximum absolute atomic E-state index is 9.31. The van der Waals surface area contributed by atoms with Crippen molar-refractivity contribution in [2.45, 2.75) is 12.5 Å². The standard InChI is InChI=1S/C13H21NO3/c1-14(9-12(16)10-15)8-7-11-5-3-4-6-13(11)17-2/h3-6,12,15-16H,7-10H2,1-2H3. The molecule has 0 aliphatic carbocycles. The Balaban J connectivity index is 2.44. The molecule has 0 spiro atoms. The number of rotatable bonds is 7. The number of hydrogen-bond donors (Lipinski definition) is 2. The van der Waals surface area contributed by atoms with E-state index in [9.17, 15) is 5.11 Å². The molecule has 4 nitrogen and oxygen atoms in total. The van der Waals surface area contributed by atoms with Crippen molar-refractivity contribution >= 4 is 0 Å². The highest BCUT2D eigenvalue weighted by atomic mass is 16.5. The molecule has 0 fully saturated rings. The summed E-state index contributed by atoms with van der Waals surface area (Å²) in [5.74, 6) is 0.892. The Labute approximate surface area is 102 Å². The number of aliphatic hydroxyl groups excluding tert-OH is 2. The lowest BCUT2D eigenvalue weighted by atomic mass is 10.1. The van der Waals surface area contributed by atoms with Crippen LogP contribution in [0.25, 0.3) is 0 Å². The van der Waals surface area contributed by atoms with Gasteiger partial charge in [-0.1, -0.05) is 18.2 Å². The Hall–Kier alpha value is -1.10. The van der Waals surface area contributed by atoms with Gasteiger partial charge in [0.05, 0.1) is 19.8 Å². The van der Waals surface area contributed by atoms with E-state index in [0.717, 1.165) is 24.3 Å². The third-order valence-electron chi connectivity index (χ3n) is 2.69. The van der Waals surface area contributed by atoms with Crippen LogP contribution in [-0.4, -0.2) is 55.1 Å². The molecule has 0 radical (unpaired) electrons. The highest BCUT2D eigenvalue weighted by Crippen LogP contribution is 2.17. The zero-order valence-electron chi connectivity index (χ0n) is 10.5. The number of benzene rings is 1. The Morgan fingerprint density at radius 1 is 1.35 bits per heavy atom. The summed E-state index contributed by atoms with van der Waals surface area (Å²) < 4.78 is 5.27. The number of likely N-dealkylation sites (N-methyl/N-ethyl adjacent to an activating group) is 1. The maximum atomic E-state index is 9.31. The van der Waals surface area contributed by atoms with Gasteiger partial charge in [-0.25, -0.2) is 0 Å². The summed E-state index contributed by atoms with van der Waals surface area (Å²) >= 11 is 0. The van der Waals surface area contributed by atoms with E-state index in [1.165, 1.54) is 0 Å². The van der Waals surface area contributed by atoms with Gasteiger partial charge in [-0.3, -0.25) is 0 Å². The van der Waals surface area contributed by atoms with Crippen LogP contribution in [0.2, 0.25) is 0 Å². The summed E-state index contributed by atoms with van der Waals surface area (Å²) in [6, 6.07) is 7.91. The van der Waals surface area contributed by atoms with Crippen LogP contribution >= 0.6 is 0 Å². The van der Waals surface area contributed by atoms with Gasteiger partial charge in [0.1, 0.15) is 5.75 Å². The van der Waals surface area contributed by atoms with Gasteiger partial charge in [-0.2, -0.15) is 0 Å². The van der Waals surface area contributed by atoms with E-state index in [1.807, 2.05) is 36.2 Å². The average Bonchev–Trinajstić information content (AvgIpc) is 2.36. The molecule has 0 aromatic heterocycles. The molecule has 0 bridgehead atoms. The number of aliphatic hydroxyl groups is 2. The van der Waals surface area contributed by atoms with Crippen molar-refractivity contribution in [3.05, 3.63) is 29.8 Å². The molecule has 0 amide bonds. The monoisotopic (exact) mass is 239 g/mol. The summed E-state index contributed by atoms with van der Waals surface area (Å²) in [5, 5.41) is 18.1. The lowest BCUT2D eigenvalue weighted by Gasteiger charge is -2.19. The molecule has 17 heavy (non-hydrogen) atoms.